The maximum Gasteiger partial charge on any atom is 0.228 e. The lowest BCUT2D eigenvalue weighted by molar-refractivity contribution is -0.121. The highest BCUT2D eigenvalue weighted by atomic mass is 19.1. The molecule has 5 nitrogen and oxygen atoms in total. The van der Waals surface area contributed by atoms with Crippen molar-refractivity contribution in [2.24, 2.45) is 5.92 Å². The van der Waals surface area contributed by atoms with Gasteiger partial charge in [-0.1, -0.05) is 12.1 Å². The van der Waals surface area contributed by atoms with Crippen LogP contribution in [0.2, 0.25) is 0 Å². The van der Waals surface area contributed by atoms with Crippen molar-refractivity contribution in [3.63, 3.8) is 0 Å². The van der Waals surface area contributed by atoms with Crippen LogP contribution in [0.4, 0.5) is 15.9 Å². The Hall–Kier alpha value is -2.47. The number of aromatic nitrogens is 1. The number of nitrogen functional groups attached to an aromatic ring is 1. The van der Waals surface area contributed by atoms with Gasteiger partial charge in [0.2, 0.25) is 5.91 Å². The molecule has 0 saturated carbocycles. The van der Waals surface area contributed by atoms with Gasteiger partial charge in [0.15, 0.2) is 0 Å². The number of rotatable bonds is 4. The average Bonchev–Trinajstić information content (AvgIpc) is 2.57. The minimum absolute atomic E-state index is 0.00878. The highest BCUT2D eigenvalue weighted by Gasteiger charge is 2.26. The Morgan fingerprint density at radius 3 is 3.00 bits per heavy atom. The van der Waals surface area contributed by atoms with Gasteiger partial charge in [-0.25, -0.2) is 9.37 Å². The van der Waals surface area contributed by atoms with E-state index in [0.717, 1.165) is 24.9 Å². The number of hydrogen-bond acceptors (Lipinski definition) is 4. The van der Waals surface area contributed by atoms with E-state index in [1.54, 1.807) is 30.5 Å². The summed E-state index contributed by atoms with van der Waals surface area (Å²) in [5, 5.41) is 2.89. The first-order valence-corrected chi connectivity index (χ1v) is 8.09. The number of anilines is 2. The van der Waals surface area contributed by atoms with Gasteiger partial charge in [0.25, 0.3) is 0 Å². The average molecular weight is 328 g/mol. The zero-order valence-corrected chi connectivity index (χ0v) is 13.4. The minimum Gasteiger partial charge on any atom is -0.384 e. The summed E-state index contributed by atoms with van der Waals surface area (Å²) in [5.41, 5.74) is 7.12. The van der Waals surface area contributed by atoms with E-state index in [4.69, 9.17) is 5.73 Å². The fourth-order valence-corrected chi connectivity index (χ4v) is 3.03. The Balaban J connectivity index is 1.58. The Morgan fingerprint density at radius 1 is 1.38 bits per heavy atom. The number of benzene rings is 1. The molecule has 1 aliphatic heterocycles. The summed E-state index contributed by atoms with van der Waals surface area (Å²) >= 11 is 0. The lowest BCUT2D eigenvalue weighted by atomic mass is 9.96. The number of halogens is 1. The second-order valence-electron chi connectivity index (χ2n) is 6.17. The van der Waals surface area contributed by atoms with Gasteiger partial charge in [-0.2, -0.15) is 0 Å². The predicted molar refractivity (Wildman–Crippen MR) is 91.7 cm³/mol. The number of piperidine rings is 1. The smallest absolute Gasteiger partial charge is 0.228 e. The third-order valence-corrected chi connectivity index (χ3v) is 4.23. The van der Waals surface area contributed by atoms with Crippen LogP contribution in [-0.2, 0) is 11.3 Å². The largest absolute Gasteiger partial charge is 0.384 e. The van der Waals surface area contributed by atoms with Gasteiger partial charge < -0.3 is 11.1 Å². The molecule has 1 fully saturated rings. The summed E-state index contributed by atoms with van der Waals surface area (Å²) in [6.45, 7) is 2.25. The van der Waals surface area contributed by atoms with Crippen LogP contribution in [0.15, 0.2) is 42.6 Å². The van der Waals surface area contributed by atoms with Gasteiger partial charge in [0, 0.05) is 13.1 Å². The zero-order valence-electron chi connectivity index (χ0n) is 13.4. The lowest BCUT2D eigenvalue weighted by Gasteiger charge is -2.32. The van der Waals surface area contributed by atoms with E-state index in [1.807, 2.05) is 6.07 Å². The molecule has 3 N–H and O–H groups in total. The molecule has 1 unspecified atom stereocenters. The normalized spacial score (nSPS) is 18.3. The molecule has 0 bridgehead atoms. The van der Waals surface area contributed by atoms with E-state index in [-0.39, 0.29) is 17.6 Å². The second-order valence-corrected chi connectivity index (χ2v) is 6.17. The quantitative estimate of drug-likeness (QED) is 0.905. The van der Waals surface area contributed by atoms with Crippen LogP contribution in [0.5, 0.6) is 0 Å². The summed E-state index contributed by atoms with van der Waals surface area (Å²) in [7, 11) is 0. The van der Waals surface area contributed by atoms with Gasteiger partial charge in [-0.15, -0.1) is 0 Å². The number of carbonyl (C=O) groups is 1. The van der Waals surface area contributed by atoms with Gasteiger partial charge in [-0.05, 0) is 49.2 Å². The van der Waals surface area contributed by atoms with E-state index in [1.165, 1.54) is 6.07 Å². The van der Waals surface area contributed by atoms with E-state index >= 15 is 0 Å². The molecular weight excluding hydrogens is 307 g/mol. The number of carbonyl (C=O) groups excluding carboxylic acids is 1. The molecule has 1 aromatic heterocycles. The molecule has 24 heavy (non-hydrogen) atoms. The molecule has 1 aromatic carbocycles. The van der Waals surface area contributed by atoms with E-state index < -0.39 is 0 Å². The van der Waals surface area contributed by atoms with Crippen molar-refractivity contribution in [1.29, 1.82) is 0 Å². The Morgan fingerprint density at radius 2 is 2.25 bits per heavy atom. The Kier molecular flexibility index (Phi) is 5.05. The number of likely N-dealkylation sites (tertiary alicyclic amines) is 1. The maximum atomic E-state index is 13.3. The molecule has 1 saturated heterocycles. The number of pyridine rings is 1. The van der Waals surface area contributed by atoms with Crippen molar-refractivity contribution < 1.29 is 9.18 Å². The van der Waals surface area contributed by atoms with Crippen molar-refractivity contribution in [3.8, 4) is 0 Å². The maximum absolute atomic E-state index is 13.3. The molecule has 126 valence electrons. The molecule has 6 heteroatoms. The molecule has 2 heterocycles. The highest BCUT2D eigenvalue weighted by Crippen LogP contribution is 2.20. The second kappa shape index (κ2) is 7.40. The molecule has 1 amide bonds. The third kappa shape index (κ3) is 4.29. The molecule has 3 rings (SSSR count). The van der Waals surface area contributed by atoms with Gasteiger partial charge in [-0.3, -0.25) is 9.69 Å². The molecular formula is C18H21FN4O. The van der Waals surface area contributed by atoms with Gasteiger partial charge >= 0.3 is 0 Å². The topological polar surface area (TPSA) is 71.2 Å². The predicted octanol–water partition coefficient (Wildman–Crippen LogP) is 2.65. The molecule has 0 aliphatic carbocycles. The van der Waals surface area contributed by atoms with Crippen molar-refractivity contribution in [1.82, 2.24) is 9.88 Å². The van der Waals surface area contributed by atoms with E-state index in [0.29, 0.717) is 24.6 Å². The van der Waals surface area contributed by atoms with Crippen molar-refractivity contribution in [2.45, 2.75) is 19.4 Å². The first-order valence-electron chi connectivity index (χ1n) is 8.09. The zero-order chi connectivity index (χ0) is 16.9. The monoisotopic (exact) mass is 328 g/mol. The van der Waals surface area contributed by atoms with Crippen LogP contribution in [0, 0.1) is 11.7 Å². The van der Waals surface area contributed by atoms with Crippen molar-refractivity contribution in [2.75, 3.05) is 24.1 Å². The van der Waals surface area contributed by atoms with Gasteiger partial charge in [0.1, 0.15) is 11.6 Å². The summed E-state index contributed by atoms with van der Waals surface area (Å²) < 4.78 is 13.3. The number of nitrogens with two attached hydrogens (primary N) is 1. The fourth-order valence-electron chi connectivity index (χ4n) is 3.03. The van der Waals surface area contributed by atoms with Crippen LogP contribution >= 0.6 is 0 Å². The number of hydrogen-bond donors (Lipinski definition) is 2. The van der Waals surface area contributed by atoms with E-state index in [2.05, 4.69) is 15.2 Å². The van der Waals surface area contributed by atoms with Crippen molar-refractivity contribution >= 4 is 17.4 Å². The van der Waals surface area contributed by atoms with Crippen LogP contribution in [0.3, 0.4) is 0 Å². The van der Waals surface area contributed by atoms with Crippen LogP contribution < -0.4 is 11.1 Å². The first-order chi connectivity index (χ1) is 11.6. The SMILES string of the molecule is Nc1ccc(NC(=O)C2CCCN(Cc3cccc(F)c3)C2)cn1. The van der Waals surface area contributed by atoms with Crippen LogP contribution in [0.25, 0.3) is 0 Å². The molecule has 1 aliphatic rings. The number of amides is 1. The van der Waals surface area contributed by atoms with E-state index in [9.17, 15) is 9.18 Å². The summed E-state index contributed by atoms with van der Waals surface area (Å²) in [4.78, 5) is 18.6. The standard InChI is InChI=1S/C18H21FN4O/c19-15-5-1-3-13(9-15)11-23-8-2-4-14(12-23)18(24)22-16-6-7-17(20)21-10-16/h1,3,5-7,9-10,14H,2,4,8,11-12H2,(H2,20,21)(H,22,24). The lowest BCUT2D eigenvalue weighted by Crippen LogP contribution is -2.40. The summed E-state index contributed by atoms with van der Waals surface area (Å²) in [6.07, 6.45) is 3.36. The minimum atomic E-state index is -0.227. The van der Waals surface area contributed by atoms with Crippen LogP contribution in [0.1, 0.15) is 18.4 Å². The third-order valence-electron chi connectivity index (χ3n) is 4.23. The Labute approximate surface area is 140 Å². The van der Waals surface area contributed by atoms with Gasteiger partial charge in [0.05, 0.1) is 17.8 Å². The van der Waals surface area contributed by atoms with Crippen LogP contribution in [-0.4, -0.2) is 28.9 Å². The summed E-state index contributed by atoms with van der Waals surface area (Å²) in [6, 6.07) is 10.0. The Bertz CT molecular complexity index is 704. The molecule has 0 spiro atoms. The molecule has 1 atom stereocenters. The molecule has 0 radical (unpaired) electrons. The first kappa shape index (κ1) is 16.4. The number of nitrogens with zero attached hydrogens (tertiary/aromatic N) is 2. The van der Waals surface area contributed by atoms with Crippen molar-refractivity contribution in [3.05, 3.63) is 54.0 Å². The summed E-state index contributed by atoms with van der Waals surface area (Å²) in [5.74, 6) is 0.108. The number of nitrogens with one attached hydrogen (secondary N) is 1. The fraction of sp³-hybridized carbons (Fsp3) is 0.333. The molecule has 2 aromatic rings. The highest BCUT2D eigenvalue weighted by molar-refractivity contribution is 5.92.